The van der Waals surface area contributed by atoms with E-state index in [0.29, 0.717) is 80.2 Å². The van der Waals surface area contributed by atoms with E-state index in [1.54, 1.807) is 36.4 Å². The lowest BCUT2D eigenvalue weighted by Crippen LogP contribution is -2.27. The van der Waals surface area contributed by atoms with Gasteiger partial charge in [-0.05, 0) is 26.0 Å². The van der Waals surface area contributed by atoms with Crippen LogP contribution in [0.3, 0.4) is 0 Å². The average Bonchev–Trinajstić information content (AvgIpc) is 3.34. The first kappa shape index (κ1) is 23.8. The SMILES string of the molecule is CCn1c(=O)n(C(C)=O)c2cc3c(cc21)Oc1cc2c(cc1=N3)Oc1cc3c(cc1N=2)n(C(C)=O)c(=O)n3CC. The largest absolute Gasteiger partial charge is 0.453 e. The summed E-state index contributed by atoms with van der Waals surface area (Å²) < 4.78 is 17.7. The molecule has 0 N–H and O–H groups in total. The number of hydrogen-bond donors (Lipinski definition) is 0. The summed E-state index contributed by atoms with van der Waals surface area (Å²) in [5.41, 5.74) is 2.16. The zero-order valence-corrected chi connectivity index (χ0v) is 22.0. The van der Waals surface area contributed by atoms with Crippen molar-refractivity contribution >= 4 is 45.3 Å². The second kappa shape index (κ2) is 8.12. The number of nitrogens with zero attached hydrogens (tertiary/aromatic N) is 6. The van der Waals surface area contributed by atoms with Gasteiger partial charge in [0.2, 0.25) is 11.8 Å². The van der Waals surface area contributed by atoms with Crippen molar-refractivity contribution in [1.29, 1.82) is 0 Å². The number of rotatable bonds is 2. The van der Waals surface area contributed by atoms with E-state index in [1.807, 2.05) is 13.8 Å². The molecule has 0 fully saturated rings. The maximum Gasteiger partial charge on any atom is 0.335 e. The molecule has 0 amide bonds. The molecule has 0 radical (unpaired) electrons. The Morgan fingerprint density at radius 2 is 1.02 bits per heavy atom. The monoisotopic (exact) mass is 538 g/mol. The number of ether oxygens (including phenoxy) is 2. The molecule has 0 atom stereocenters. The minimum absolute atomic E-state index is 0.386. The fraction of sp³-hybridized carbons (Fsp3) is 0.214. The Kier molecular flexibility index (Phi) is 4.84. The number of hydrogen-bond acceptors (Lipinski definition) is 8. The number of carbonyl (C=O) groups is 2. The fourth-order valence-corrected chi connectivity index (χ4v) is 5.47. The average molecular weight is 539 g/mol. The molecule has 0 saturated heterocycles. The molecule has 0 bridgehead atoms. The Morgan fingerprint density at radius 3 is 1.38 bits per heavy atom. The van der Waals surface area contributed by atoms with Gasteiger partial charge in [0.25, 0.3) is 0 Å². The van der Waals surface area contributed by atoms with Crippen molar-refractivity contribution in [2.75, 3.05) is 0 Å². The van der Waals surface area contributed by atoms with E-state index in [0.717, 1.165) is 9.13 Å². The highest BCUT2D eigenvalue weighted by Crippen LogP contribution is 2.40. The van der Waals surface area contributed by atoms with Crippen LogP contribution in [0.4, 0.5) is 11.4 Å². The number of aryl methyl sites for hydroxylation is 2. The third-order valence-corrected chi connectivity index (χ3v) is 7.24. The molecule has 0 saturated carbocycles. The third kappa shape index (κ3) is 3.12. The Bertz CT molecular complexity index is 2090. The molecule has 200 valence electrons. The molecule has 7 rings (SSSR count). The number of carbonyl (C=O) groups excluding carboxylic acids is 2. The first-order chi connectivity index (χ1) is 19.2. The highest BCUT2D eigenvalue weighted by molar-refractivity contribution is 5.93. The van der Waals surface area contributed by atoms with Gasteiger partial charge in [-0.3, -0.25) is 18.7 Å². The predicted molar refractivity (Wildman–Crippen MR) is 145 cm³/mol. The van der Waals surface area contributed by atoms with Crippen molar-refractivity contribution in [2.45, 2.75) is 40.8 Å². The van der Waals surface area contributed by atoms with Crippen LogP contribution in [0.5, 0.6) is 23.0 Å². The predicted octanol–water partition coefficient (Wildman–Crippen LogP) is 3.39. The second-order valence-electron chi connectivity index (χ2n) is 9.60. The van der Waals surface area contributed by atoms with E-state index < -0.39 is 11.4 Å². The molecular formula is C28H22N6O6. The molecule has 3 aromatic carbocycles. The van der Waals surface area contributed by atoms with Gasteiger partial charge in [-0.15, -0.1) is 0 Å². The Balaban J connectivity index is 1.41. The molecule has 0 unspecified atom stereocenters. The van der Waals surface area contributed by atoms with E-state index in [2.05, 4.69) is 0 Å². The van der Waals surface area contributed by atoms with Crippen LogP contribution in [0.15, 0.2) is 56.0 Å². The van der Waals surface area contributed by atoms with Crippen LogP contribution in [0, 0.1) is 0 Å². The van der Waals surface area contributed by atoms with Crippen molar-refractivity contribution < 1.29 is 19.1 Å². The zero-order chi connectivity index (χ0) is 28.0. The summed E-state index contributed by atoms with van der Waals surface area (Å²) in [5.74, 6) is 0.987. The Labute approximate surface area is 224 Å². The van der Waals surface area contributed by atoms with E-state index in [4.69, 9.17) is 19.5 Å². The topological polar surface area (TPSA) is 131 Å². The smallest absolute Gasteiger partial charge is 0.335 e. The van der Waals surface area contributed by atoms with Crippen molar-refractivity contribution in [1.82, 2.24) is 18.3 Å². The minimum Gasteiger partial charge on any atom is -0.453 e. The molecule has 2 aromatic heterocycles. The van der Waals surface area contributed by atoms with Gasteiger partial charge in [-0.1, -0.05) is 0 Å². The van der Waals surface area contributed by atoms with Gasteiger partial charge in [-0.25, -0.2) is 28.7 Å². The van der Waals surface area contributed by atoms with Crippen molar-refractivity contribution in [3.8, 4) is 23.0 Å². The van der Waals surface area contributed by atoms with Gasteiger partial charge < -0.3 is 9.47 Å². The summed E-state index contributed by atoms with van der Waals surface area (Å²) in [6.45, 7) is 7.12. The summed E-state index contributed by atoms with van der Waals surface area (Å²) in [6.07, 6.45) is 0. The first-order valence-corrected chi connectivity index (χ1v) is 12.8. The number of fused-ring (bicyclic) bond motifs is 6. The van der Waals surface area contributed by atoms with Crippen LogP contribution in [0.25, 0.3) is 22.1 Å². The maximum absolute atomic E-state index is 12.8. The highest BCUT2D eigenvalue weighted by atomic mass is 16.5. The molecule has 5 aromatic rings. The Hall–Kier alpha value is -5.26. The first-order valence-electron chi connectivity index (χ1n) is 12.8. The van der Waals surface area contributed by atoms with Gasteiger partial charge in [-0.2, -0.15) is 0 Å². The number of benzene rings is 3. The standard InChI is InChI=1S/C28H22N6O6/c1-5-31-19-11-25-15(7-21(19)33(13(3)35)27(31)37)29-17-10-24-18(9-23(17)39-25)30-16-8-22-20(12-26(16)40-24)32(6-2)28(38)34(22)14(4)36/h7-12H,5-6H2,1-4H3. The van der Waals surface area contributed by atoms with E-state index in [9.17, 15) is 19.2 Å². The molecule has 0 aliphatic carbocycles. The van der Waals surface area contributed by atoms with Crippen LogP contribution in [0.2, 0.25) is 0 Å². The normalized spacial score (nSPS) is 12.9. The molecule has 40 heavy (non-hydrogen) atoms. The molecule has 12 heteroatoms. The van der Waals surface area contributed by atoms with E-state index >= 15 is 0 Å². The number of imidazole rings is 2. The second-order valence-corrected chi connectivity index (χ2v) is 9.60. The minimum atomic E-state index is -0.413. The molecule has 2 aliphatic rings. The third-order valence-electron chi connectivity index (χ3n) is 7.24. The molecule has 12 nitrogen and oxygen atoms in total. The summed E-state index contributed by atoms with van der Waals surface area (Å²) in [4.78, 5) is 59.6. The Morgan fingerprint density at radius 1 is 0.625 bits per heavy atom. The van der Waals surface area contributed by atoms with Gasteiger partial charge in [0.05, 0.1) is 22.1 Å². The zero-order valence-electron chi connectivity index (χ0n) is 22.0. The summed E-state index contributed by atoms with van der Waals surface area (Å²) in [7, 11) is 0. The summed E-state index contributed by atoms with van der Waals surface area (Å²) in [5, 5.41) is 0.982. The lowest BCUT2D eigenvalue weighted by molar-refractivity contribution is 0.0927. The summed E-state index contributed by atoms with van der Waals surface area (Å²) >= 11 is 0. The number of aromatic nitrogens is 4. The van der Waals surface area contributed by atoms with Crippen LogP contribution in [-0.4, -0.2) is 30.1 Å². The van der Waals surface area contributed by atoms with Crippen molar-refractivity contribution in [3.63, 3.8) is 0 Å². The van der Waals surface area contributed by atoms with E-state index in [-0.39, 0.29) is 11.8 Å². The fourth-order valence-electron chi connectivity index (χ4n) is 5.47. The lowest BCUT2D eigenvalue weighted by Gasteiger charge is -2.18. The molecule has 2 aliphatic heterocycles. The van der Waals surface area contributed by atoms with Gasteiger partial charge in [0, 0.05) is 51.2 Å². The van der Waals surface area contributed by atoms with Crippen LogP contribution < -0.4 is 31.6 Å². The van der Waals surface area contributed by atoms with Gasteiger partial charge in [0.1, 0.15) is 22.1 Å². The van der Waals surface area contributed by atoms with Gasteiger partial charge >= 0.3 is 11.4 Å². The van der Waals surface area contributed by atoms with Crippen molar-refractivity contribution in [2.24, 2.45) is 9.98 Å². The molecule has 4 heterocycles. The van der Waals surface area contributed by atoms with Crippen LogP contribution in [0.1, 0.15) is 37.3 Å². The van der Waals surface area contributed by atoms with Crippen molar-refractivity contribution in [3.05, 3.63) is 68.1 Å². The quantitative estimate of drug-likeness (QED) is 0.332. The lowest BCUT2D eigenvalue weighted by atomic mass is 10.2. The molecular weight excluding hydrogens is 516 g/mol. The molecule has 0 spiro atoms. The van der Waals surface area contributed by atoms with E-state index in [1.165, 1.54) is 23.0 Å². The maximum atomic E-state index is 12.8. The van der Waals surface area contributed by atoms with Crippen LogP contribution >= 0.6 is 0 Å². The van der Waals surface area contributed by atoms with Crippen LogP contribution in [-0.2, 0) is 13.1 Å². The van der Waals surface area contributed by atoms with Gasteiger partial charge in [0.15, 0.2) is 23.0 Å². The summed E-state index contributed by atoms with van der Waals surface area (Å²) in [6, 6.07) is 10.2. The highest BCUT2D eigenvalue weighted by Gasteiger charge is 2.24.